The molecule has 0 amide bonds. The predicted octanol–water partition coefficient (Wildman–Crippen LogP) is 1.84. The van der Waals surface area contributed by atoms with Crippen molar-refractivity contribution in [2.24, 2.45) is 5.73 Å². The highest BCUT2D eigenvalue weighted by Gasteiger charge is 2.02. The Kier molecular flexibility index (Phi) is 4.30. The molecule has 2 rings (SSSR count). The Morgan fingerprint density at radius 2 is 2.29 bits per heavy atom. The average molecular weight is 251 g/mol. The lowest BCUT2D eigenvalue weighted by molar-refractivity contribution is 0.461. The number of nitrogens with zero attached hydrogens (tertiary/aromatic N) is 1. The Morgan fingerprint density at radius 3 is 3.00 bits per heavy atom. The van der Waals surface area contributed by atoms with Gasteiger partial charge in [0.05, 0.1) is 17.2 Å². The summed E-state index contributed by atoms with van der Waals surface area (Å²) in [6.45, 7) is 4.10. The van der Waals surface area contributed by atoms with Gasteiger partial charge in [-0.05, 0) is 25.6 Å². The maximum atomic E-state index is 5.49. The van der Waals surface area contributed by atoms with Crippen LogP contribution >= 0.6 is 11.3 Å². The summed E-state index contributed by atoms with van der Waals surface area (Å²) in [4.78, 5) is 4.48. The van der Waals surface area contributed by atoms with Crippen molar-refractivity contribution >= 4 is 11.3 Å². The molecular weight excluding hydrogens is 234 g/mol. The molecule has 0 atom stereocenters. The number of hydrogen-bond donors (Lipinski definition) is 2. The molecule has 0 aromatic carbocycles. The number of thiazole rings is 1. The second-order valence-corrected chi connectivity index (χ2v) is 4.83. The van der Waals surface area contributed by atoms with Gasteiger partial charge in [-0.3, -0.25) is 0 Å². The van der Waals surface area contributed by atoms with Crippen LogP contribution < -0.4 is 11.1 Å². The first-order chi connectivity index (χ1) is 8.28. The van der Waals surface area contributed by atoms with Crippen molar-refractivity contribution in [3.05, 3.63) is 39.7 Å². The van der Waals surface area contributed by atoms with Crippen LogP contribution in [0, 0.1) is 6.92 Å². The van der Waals surface area contributed by atoms with E-state index in [4.69, 9.17) is 10.2 Å². The van der Waals surface area contributed by atoms with Gasteiger partial charge in [0.1, 0.15) is 11.5 Å². The van der Waals surface area contributed by atoms with Gasteiger partial charge in [0.25, 0.3) is 0 Å². The maximum absolute atomic E-state index is 5.49. The Bertz CT molecular complexity index is 464. The molecule has 0 saturated heterocycles. The fraction of sp³-hybridized carbons (Fsp3) is 0.417. The lowest BCUT2D eigenvalue weighted by Crippen LogP contribution is -2.12. The first-order valence-electron chi connectivity index (χ1n) is 5.67. The molecule has 0 radical (unpaired) electrons. The summed E-state index contributed by atoms with van der Waals surface area (Å²) in [7, 11) is 0. The molecular formula is C12H17N3OS. The number of hydrogen-bond acceptors (Lipinski definition) is 5. The minimum Gasteiger partial charge on any atom is -0.465 e. The first kappa shape index (κ1) is 12.3. The van der Waals surface area contributed by atoms with E-state index in [1.807, 2.05) is 19.1 Å². The van der Waals surface area contributed by atoms with Gasteiger partial charge in [-0.15, -0.1) is 11.3 Å². The summed E-state index contributed by atoms with van der Waals surface area (Å²) in [6, 6.07) is 3.96. The molecule has 0 aliphatic carbocycles. The maximum Gasteiger partial charge on any atom is 0.117 e. The number of aromatic nitrogens is 1. The predicted molar refractivity (Wildman–Crippen MR) is 68.9 cm³/mol. The number of furan rings is 1. The van der Waals surface area contributed by atoms with Crippen LogP contribution in [-0.4, -0.2) is 11.5 Å². The van der Waals surface area contributed by atoms with Crippen LogP contribution in [0.3, 0.4) is 0 Å². The van der Waals surface area contributed by atoms with E-state index in [-0.39, 0.29) is 0 Å². The summed E-state index contributed by atoms with van der Waals surface area (Å²) in [5.74, 6) is 1.90. The third-order valence-electron chi connectivity index (χ3n) is 2.36. The molecule has 2 aromatic rings. The Hall–Kier alpha value is -1.17. The molecule has 4 nitrogen and oxygen atoms in total. The Labute approximate surface area is 105 Å². The van der Waals surface area contributed by atoms with Gasteiger partial charge >= 0.3 is 0 Å². The van der Waals surface area contributed by atoms with E-state index in [1.165, 1.54) is 0 Å². The van der Waals surface area contributed by atoms with E-state index in [2.05, 4.69) is 15.7 Å². The standard InChI is InChI=1S/C12H17N3OS/c1-9-2-3-11(16-9)7-14-6-10-8-17-12(15-10)4-5-13/h2-3,8,14H,4-7,13H2,1H3. The molecule has 17 heavy (non-hydrogen) atoms. The SMILES string of the molecule is Cc1ccc(CNCc2csc(CCN)n2)o1. The van der Waals surface area contributed by atoms with Gasteiger partial charge in [0.2, 0.25) is 0 Å². The van der Waals surface area contributed by atoms with Crippen molar-refractivity contribution in [2.45, 2.75) is 26.4 Å². The summed E-state index contributed by atoms with van der Waals surface area (Å²) in [5, 5.41) is 6.49. The zero-order chi connectivity index (χ0) is 12.1. The van der Waals surface area contributed by atoms with Crippen LogP contribution in [0.4, 0.5) is 0 Å². The van der Waals surface area contributed by atoms with Crippen molar-refractivity contribution in [3.8, 4) is 0 Å². The fourth-order valence-corrected chi connectivity index (χ4v) is 2.38. The second-order valence-electron chi connectivity index (χ2n) is 3.89. The number of rotatable bonds is 6. The minimum absolute atomic E-state index is 0.659. The van der Waals surface area contributed by atoms with Crippen LogP contribution in [0.1, 0.15) is 22.2 Å². The lowest BCUT2D eigenvalue weighted by atomic mass is 10.4. The van der Waals surface area contributed by atoms with Gasteiger partial charge in [0.15, 0.2) is 0 Å². The van der Waals surface area contributed by atoms with E-state index in [0.717, 1.165) is 41.7 Å². The fourth-order valence-electron chi connectivity index (χ4n) is 1.56. The molecule has 0 unspecified atom stereocenters. The monoisotopic (exact) mass is 251 g/mol. The lowest BCUT2D eigenvalue weighted by Gasteiger charge is -1.99. The number of aryl methyl sites for hydroxylation is 1. The number of nitrogens with one attached hydrogen (secondary N) is 1. The topological polar surface area (TPSA) is 64.1 Å². The number of nitrogens with two attached hydrogens (primary N) is 1. The van der Waals surface area contributed by atoms with E-state index >= 15 is 0 Å². The second kappa shape index (κ2) is 5.95. The molecule has 0 bridgehead atoms. The largest absolute Gasteiger partial charge is 0.465 e. The zero-order valence-corrected chi connectivity index (χ0v) is 10.7. The van der Waals surface area contributed by atoms with Crippen molar-refractivity contribution in [1.29, 1.82) is 0 Å². The zero-order valence-electron chi connectivity index (χ0n) is 9.90. The first-order valence-corrected chi connectivity index (χ1v) is 6.55. The molecule has 0 aliphatic heterocycles. The highest BCUT2D eigenvalue weighted by molar-refractivity contribution is 7.09. The van der Waals surface area contributed by atoms with Gasteiger partial charge in [-0.25, -0.2) is 4.98 Å². The van der Waals surface area contributed by atoms with E-state index in [1.54, 1.807) is 11.3 Å². The summed E-state index contributed by atoms with van der Waals surface area (Å²) < 4.78 is 5.47. The van der Waals surface area contributed by atoms with Crippen molar-refractivity contribution in [2.75, 3.05) is 6.54 Å². The van der Waals surface area contributed by atoms with Crippen molar-refractivity contribution < 1.29 is 4.42 Å². The highest BCUT2D eigenvalue weighted by Crippen LogP contribution is 2.10. The van der Waals surface area contributed by atoms with Gasteiger partial charge < -0.3 is 15.5 Å². The van der Waals surface area contributed by atoms with Crippen LogP contribution in [0.15, 0.2) is 21.9 Å². The third kappa shape index (κ3) is 3.66. The quantitative estimate of drug-likeness (QED) is 0.822. The minimum atomic E-state index is 0.659. The molecule has 2 aromatic heterocycles. The van der Waals surface area contributed by atoms with Gasteiger partial charge in [-0.2, -0.15) is 0 Å². The molecule has 3 N–H and O–H groups in total. The molecule has 92 valence electrons. The Balaban J connectivity index is 1.77. The molecule has 0 saturated carbocycles. The van der Waals surface area contributed by atoms with Crippen LogP contribution in [-0.2, 0) is 19.5 Å². The van der Waals surface area contributed by atoms with Crippen LogP contribution in [0.5, 0.6) is 0 Å². The van der Waals surface area contributed by atoms with Crippen molar-refractivity contribution in [3.63, 3.8) is 0 Å². The van der Waals surface area contributed by atoms with Gasteiger partial charge in [-0.1, -0.05) is 0 Å². The molecule has 0 aliphatic rings. The van der Waals surface area contributed by atoms with Crippen molar-refractivity contribution in [1.82, 2.24) is 10.3 Å². The molecule has 0 spiro atoms. The van der Waals surface area contributed by atoms with E-state index < -0.39 is 0 Å². The van der Waals surface area contributed by atoms with E-state index in [0.29, 0.717) is 6.54 Å². The molecule has 0 fully saturated rings. The van der Waals surface area contributed by atoms with Gasteiger partial charge in [0, 0.05) is 18.3 Å². The van der Waals surface area contributed by atoms with Crippen LogP contribution in [0.25, 0.3) is 0 Å². The van der Waals surface area contributed by atoms with Crippen LogP contribution in [0.2, 0.25) is 0 Å². The third-order valence-corrected chi connectivity index (χ3v) is 3.32. The summed E-state index contributed by atoms with van der Waals surface area (Å²) in [5.41, 5.74) is 6.56. The summed E-state index contributed by atoms with van der Waals surface area (Å²) in [6.07, 6.45) is 0.863. The molecule has 2 heterocycles. The normalized spacial score (nSPS) is 10.9. The smallest absolute Gasteiger partial charge is 0.117 e. The highest BCUT2D eigenvalue weighted by atomic mass is 32.1. The average Bonchev–Trinajstić information content (AvgIpc) is 2.89. The molecule has 5 heteroatoms. The Morgan fingerprint density at radius 1 is 1.41 bits per heavy atom. The van der Waals surface area contributed by atoms with E-state index in [9.17, 15) is 0 Å². The summed E-state index contributed by atoms with van der Waals surface area (Å²) >= 11 is 1.67.